The van der Waals surface area contributed by atoms with Gasteiger partial charge in [0.05, 0.1) is 40.1 Å². The molecule has 0 saturated carbocycles. The molecule has 4 atom stereocenters. The van der Waals surface area contributed by atoms with Crippen molar-refractivity contribution in [3.63, 3.8) is 0 Å². The lowest BCUT2D eigenvalue weighted by atomic mass is 9.99. The van der Waals surface area contributed by atoms with Crippen molar-refractivity contribution in [3.8, 4) is 10.4 Å². The van der Waals surface area contributed by atoms with Crippen LogP contribution < -0.4 is 5.32 Å². The predicted octanol–water partition coefficient (Wildman–Crippen LogP) is 3.14. The molecule has 11 heteroatoms. The fourth-order valence-corrected chi connectivity index (χ4v) is 5.31. The van der Waals surface area contributed by atoms with Crippen LogP contribution in [0.15, 0.2) is 36.0 Å². The van der Waals surface area contributed by atoms with E-state index < -0.39 is 35.7 Å². The van der Waals surface area contributed by atoms with Gasteiger partial charge in [-0.3, -0.25) is 9.59 Å². The number of carbonyl (C=O) groups excluding carboxylic acids is 2. The molecule has 0 aliphatic carbocycles. The molecule has 1 aliphatic heterocycles. The molecular weight excluding hydrogens is 483 g/mol. The zero-order valence-corrected chi connectivity index (χ0v) is 21.8. The van der Waals surface area contributed by atoms with Gasteiger partial charge in [0.15, 0.2) is 0 Å². The summed E-state index contributed by atoms with van der Waals surface area (Å²) in [5, 5.41) is 20.8. The largest absolute Gasteiger partial charge is 0.391 e. The standard InChI is InChI=1S/C25H31FN6O3S/c1-14(2)25(26,32-11-15(3)29-30-32)24(35)31-12-20(33)10-21(31)23(34)28-16(4)18-6-8-19(9-7-18)22-17(5)27-13-36-22/h6-9,11,13-14,16,20-21,33H,10,12H2,1-5H3,(H,28,34)/t16-,20+,21-,25-/m0/s1. The second kappa shape index (κ2) is 10.1. The third-order valence-electron chi connectivity index (χ3n) is 6.63. The molecule has 2 aromatic heterocycles. The minimum atomic E-state index is -2.54. The number of aryl methyl sites for hydroxylation is 2. The molecule has 0 unspecified atom stereocenters. The summed E-state index contributed by atoms with van der Waals surface area (Å²) in [6.45, 7) is 8.44. The summed E-state index contributed by atoms with van der Waals surface area (Å²) in [4.78, 5) is 33.2. The number of alkyl halides is 1. The van der Waals surface area contributed by atoms with E-state index in [1.807, 2.05) is 38.1 Å². The molecule has 1 aromatic carbocycles. The Labute approximate surface area is 213 Å². The number of nitrogens with zero attached hydrogens (tertiary/aromatic N) is 5. The number of amides is 2. The molecule has 36 heavy (non-hydrogen) atoms. The van der Waals surface area contributed by atoms with Gasteiger partial charge in [-0.05, 0) is 31.9 Å². The average Bonchev–Trinajstić information content (AvgIpc) is 3.57. The molecule has 1 saturated heterocycles. The summed E-state index contributed by atoms with van der Waals surface area (Å²) < 4.78 is 17.1. The highest BCUT2D eigenvalue weighted by molar-refractivity contribution is 7.13. The number of nitrogens with one attached hydrogen (secondary N) is 1. The fourth-order valence-electron chi connectivity index (χ4n) is 4.50. The number of likely N-dealkylation sites (tertiary alicyclic amines) is 1. The maximum atomic E-state index is 16.2. The van der Waals surface area contributed by atoms with E-state index in [1.54, 1.807) is 37.6 Å². The highest BCUT2D eigenvalue weighted by Gasteiger charge is 2.52. The Hall–Kier alpha value is -3.18. The molecule has 3 heterocycles. The van der Waals surface area contributed by atoms with Crippen LogP contribution in [-0.2, 0) is 15.4 Å². The average molecular weight is 515 g/mol. The van der Waals surface area contributed by atoms with Crippen molar-refractivity contribution < 1.29 is 19.1 Å². The number of thiazole rings is 1. The third kappa shape index (κ3) is 4.77. The first kappa shape index (κ1) is 25.9. The minimum Gasteiger partial charge on any atom is -0.391 e. The van der Waals surface area contributed by atoms with Crippen LogP contribution >= 0.6 is 11.3 Å². The number of aliphatic hydroxyl groups excluding tert-OH is 1. The minimum absolute atomic E-state index is 0.0262. The Morgan fingerprint density at radius 2 is 1.92 bits per heavy atom. The first-order chi connectivity index (χ1) is 17.0. The van der Waals surface area contributed by atoms with Crippen LogP contribution in [0.2, 0.25) is 0 Å². The van der Waals surface area contributed by atoms with Gasteiger partial charge in [-0.15, -0.1) is 16.4 Å². The number of hydrogen-bond acceptors (Lipinski definition) is 7. The van der Waals surface area contributed by atoms with Crippen molar-refractivity contribution in [2.75, 3.05) is 6.54 Å². The number of halogens is 1. The second-order valence-corrected chi connectivity index (χ2v) is 10.5. The van der Waals surface area contributed by atoms with Gasteiger partial charge in [-0.2, -0.15) is 0 Å². The van der Waals surface area contributed by atoms with Gasteiger partial charge in [-0.25, -0.2) is 14.1 Å². The lowest BCUT2D eigenvalue weighted by Gasteiger charge is -2.34. The summed E-state index contributed by atoms with van der Waals surface area (Å²) in [6, 6.07) is 6.46. The van der Waals surface area contributed by atoms with Crippen molar-refractivity contribution in [1.29, 1.82) is 0 Å². The van der Waals surface area contributed by atoms with Crippen LogP contribution in [0.4, 0.5) is 4.39 Å². The highest BCUT2D eigenvalue weighted by Crippen LogP contribution is 2.34. The molecular formula is C25H31FN6O3S. The molecule has 0 bridgehead atoms. The number of benzene rings is 1. The van der Waals surface area contributed by atoms with Gasteiger partial charge in [0, 0.05) is 18.9 Å². The van der Waals surface area contributed by atoms with Crippen LogP contribution in [0.25, 0.3) is 10.4 Å². The first-order valence-electron chi connectivity index (χ1n) is 11.9. The topological polar surface area (TPSA) is 113 Å². The number of aliphatic hydroxyl groups is 1. The van der Waals surface area contributed by atoms with E-state index in [1.165, 1.54) is 6.20 Å². The van der Waals surface area contributed by atoms with Crippen molar-refractivity contribution >= 4 is 23.2 Å². The van der Waals surface area contributed by atoms with E-state index in [2.05, 4.69) is 20.6 Å². The number of aromatic nitrogens is 4. The van der Waals surface area contributed by atoms with Crippen molar-refractivity contribution in [2.45, 2.75) is 65.0 Å². The van der Waals surface area contributed by atoms with Gasteiger partial charge in [0.1, 0.15) is 6.04 Å². The van der Waals surface area contributed by atoms with Crippen LogP contribution in [0.5, 0.6) is 0 Å². The number of rotatable bonds is 7. The summed E-state index contributed by atoms with van der Waals surface area (Å²) in [5.41, 5.74) is 5.16. The Bertz CT molecular complexity index is 1240. The lowest BCUT2D eigenvalue weighted by Crippen LogP contribution is -2.55. The molecule has 1 fully saturated rings. The van der Waals surface area contributed by atoms with Crippen molar-refractivity contribution in [2.24, 2.45) is 5.92 Å². The summed E-state index contributed by atoms with van der Waals surface area (Å²) >= 11 is 1.57. The molecule has 9 nitrogen and oxygen atoms in total. The van der Waals surface area contributed by atoms with E-state index >= 15 is 4.39 Å². The highest BCUT2D eigenvalue weighted by atomic mass is 32.1. The SMILES string of the molecule is Cc1cn([C@](F)(C(=O)N2C[C@H](O)C[C@H]2C(=O)N[C@@H](C)c2ccc(-c3scnc3C)cc2)C(C)C)nn1. The first-order valence-corrected chi connectivity index (χ1v) is 12.8. The lowest BCUT2D eigenvalue weighted by molar-refractivity contribution is -0.161. The zero-order valence-electron chi connectivity index (χ0n) is 21.0. The molecule has 1 aliphatic rings. The Morgan fingerprint density at radius 3 is 2.47 bits per heavy atom. The smallest absolute Gasteiger partial charge is 0.284 e. The summed E-state index contributed by atoms with van der Waals surface area (Å²) in [7, 11) is 0. The fraction of sp³-hybridized carbons (Fsp3) is 0.480. The zero-order chi connectivity index (χ0) is 26.2. The van der Waals surface area contributed by atoms with E-state index in [4.69, 9.17) is 0 Å². The molecule has 2 N–H and O–H groups in total. The van der Waals surface area contributed by atoms with E-state index in [9.17, 15) is 14.7 Å². The van der Waals surface area contributed by atoms with Crippen molar-refractivity contribution in [3.05, 3.63) is 52.9 Å². The molecule has 3 aromatic rings. The Kier molecular flexibility index (Phi) is 7.24. The molecule has 2 amide bonds. The van der Waals surface area contributed by atoms with Gasteiger partial charge in [0.25, 0.3) is 11.7 Å². The van der Waals surface area contributed by atoms with Crippen molar-refractivity contribution in [1.82, 2.24) is 30.2 Å². The van der Waals surface area contributed by atoms with Gasteiger partial charge >= 0.3 is 0 Å². The monoisotopic (exact) mass is 514 g/mol. The number of carbonyl (C=O) groups is 2. The maximum Gasteiger partial charge on any atom is 0.284 e. The van der Waals surface area contributed by atoms with Gasteiger partial charge in [0.2, 0.25) is 5.91 Å². The van der Waals surface area contributed by atoms with Crippen LogP contribution in [-0.4, -0.2) is 60.5 Å². The molecule has 0 radical (unpaired) electrons. The Balaban J connectivity index is 1.51. The molecule has 0 spiro atoms. The predicted molar refractivity (Wildman–Crippen MR) is 134 cm³/mol. The quantitative estimate of drug-likeness (QED) is 0.501. The van der Waals surface area contributed by atoms with Crippen LogP contribution in [0.1, 0.15) is 50.2 Å². The van der Waals surface area contributed by atoms with E-state index in [0.29, 0.717) is 5.69 Å². The number of β-amino-alcohol motifs (C(OH)–C–C–N with tert-alkyl or cyclic N) is 1. The molecule has 4 rings (SSSR count). The maximum absolute atomic E-state index is 16.2. The van der Waals surface area contributed by atoms with Gasteiger partial charge in [-0.1, -0.05) is 43.3 Å². The summed E-state index contributed by atoms with van der Waals surface area (Å²) in [5.74, 6) is -4.70. The van der Waals surface area contributed by atoms with E-state index in [-0.39, 0.29) is 19.0 Å². The van der Waals surface area contributed by atoms with Crippen LogP contribution in [0.3, 0.4) is 0 Å². The van der Waals surface area contributed by atoms with Crippen LogP contribution in [0, 0.1) is 19.8 Å². The second-order valence-electron chi connectivity index (χ2n) is 9.61. The Morgan fingerprint density at radius 1 is 1.22 bits per heavy atom. The number of hydrogen-bond donors (Lipinski definition) is 2. The summed E-state index contributed by atoms with van der Waals surface area (Å²) in [6.07, 6.45) is 0.452. The third-order valence-corrected chi connectivity index (χ3v) is 7.60. The van der Waals surface area contributed by atoms with E-state index in [0.717, 1.165) is 31.3 Å². The normalized spacial score (nSPS) is 20.4. The van der Waals surface area contributed by atoms with Gasteiger partial charge < -0.3 is 15.3 Å². The molecule has 192 valence electrons.